The molecule has 1 atom stereocenters. The number of hydrogen-bond acceptors (Lipinski definition) is 6. The molecule has 3 aliphatic rings. The summed E-state index contributed by atoms with van der Waals surface area (Å²) in [6, 6.07) is 5.89. The molecule has 41 heavy (non-hydrogen) atoms. The third-order valence-corrected chi connectivity index (χ3v) is 9.29. The zero-order valence-electron chi connectivity index (χ0n) is 24.3. The fourth-order valence-electron chi connectivity index (χ4n) is 6.75. The van der Waals surface area contributed by atoms with Gasteiger partial charge in [0.25, 0.3) is 5.91 Å². The number of nitrogens with zero attached hydrogens (tertiary/aromatic N) is 4. The predicted octanol–water partition coefficient (Wildman–Crippen LogP) is 5.01. The van der Waals surface area contributed by atoms with Crippen molar-refractivity contribution in [3.8, 4) is 11.3 Å². The van der Waals surface area contributed by atoms with Crippen LogP contribution in [0.15, 0.2) is 42.8 Å². The maximum atomic E-state index is 13.9. The maximum Gasteiger partial charge on any atom is 0.250 e. The maximum absolute atomic E-state index is 13.9. The van der Waals surface area contributed by atoms with Crippen LogP contribution in [-0.4, -0.2) is 56.5 Å². The number of nitrogens with two attached hydrogens (primary N) is 1. The van der Waals surface area contributed by atoms with Gasteiger partial charge in [0.05, 0.1) is 35.2 Å². The first kappa shape index (κ1) is 27.2. The lowest BCUT2D eigenvalue weighted by atomic mass is 9.73. The minimum atomic E-state index is -0.456. The van der Waals surface area contributed by atoms with Crippen LogP contribution in [-0.2, 0) is 21.4 Å². The number of aryl methyl sites for hydroxylation is 2. The van der Waals surface area contributed by atoms with E-state index in [1.807, 2.05) is 32.2 Å². The smallest absolute Gasteiger partial charge is 0.250 e. The largest absolute Gasteiger partial charge is 0.383 e. The van der Waals surface area contributed by atoms with Gasteiger partial charge in [-0.15, -0.1) is 0 Å². The molecule has 2 fully saturated rings. The van der Waals surface area contributed by atoms with Gasteiger partial charge in [-0.05, 0) is 69.2 Å². The quantitative estimate of drug-likeness (QED) is 0.429. The number of nitrogen functional groups attached to an aromatic ring is 1. The standard InChI is InChI=1S/C32H38N6O3/c1-19(2)29(39)36-22-7-8-23(20(3)15-22)26-24(25-27(33)34-18-35-28(25)37(26)5)21-9-12-31(4,13-10-21)30(40)38-14-6-11-32(38)16-41-17-32/h7-9,15,18H,1,6,10-14,16-17H2,2-5H3,(H,36,39)(H2,33,34,35)/t31-/m0/s1. The van der Waals surface area contributed by atoms with Crippen molar-refractivity contribution in [3.05, 3.63) is 53.9 Å². The van der Waals surface area contributed by atoms with Gasteiger partial charge < -0.3 is 25.3 Å². The summed E-state index contributed by atoms with van der Waals surface area (Å²) in [5.41, 5.74) is 13.0. The van der Waals surface area contributed by atoms with Gasteiger partial charge in [-0.25, -0.2) is 9.97 Å². The molecule has 2 saturated heterocycles. The highest BCUT2D eigenvalue weighted by atomic mass is 16.5. The lowest BCUT2D eigenvalue weighted by Gasteiger charge is -2.48. The second kappa shape index (κ2) is 9.83. The van der Waals surface area contributed by atoms with E-state index in [-0.39, 0.29) is 17.4 Å². The second-order valence-corrected chi connectivity index (χ2v) is 12.3. The van der Waals surface area contributed by atoms with E-state index in [1.54, 1.807) is 6.92 Å². The zero-order valence-corrected chi connectivity index (χ0v) is 24.3. The molecule has 2 aliphatic heterocycles. The van der Waals surface area contributed by atoms with E-state index in [1.165, 1.54) is 6.33 Å². The van der Waals surface area contributed by atoms with E-state index in [0.29, 0.717) is 36.7 Å². The first-order valence-electron chi connectivity index (χ1n) is 14.3. The van der Waals surface area contributed by atoms with Crippen LogP contribution in [0.3, 0.4) is 0 Å². The summed E-state index contributed by atoms with van der Waals surface area (Å²) in [6.45, 7) is 11.7. The van der Waals surface area contributed by atoms with Gasteiger partial charge in [0, 0.05) is 36.0 Å². The number of anilines is 2. The van der Waals surface area contributed by atoms with Gasteiger partial charge in [-0.3, -0.25) is 9.59 Å². The number of fused-ring (bicyclic) bond motifs is 1. The van der Waals surface area contributed by atoms with Crippen molar-refractivity contribution in [2.75, 3.05) is 30.8 Å². The van der Waals surface area contributed by atoms with Crippen molar-refractivity contribution in [2.45, 2.75) is 58.4 Å². The van der Waals surface area contributed by atoms with Gasteiger partial charge in [0.15, 0.2) is 0 Å². The molecule has 9 nitrogen and oxygen atoms in total. The summed E-state index contributed by atoms with van der Waals surface area (Å²) < 4.78 is 7.61. The van der Waals surface area contributed by atoms with Crippen molar-refractivity contribution >= 4 is 39.9 Å². The van der Waals surface area contributed by atoms with Gasteiger partial charge in [-0.2, -0.15) is 0 Å². The lowest BCUT2D eigenvalue weighted by molar-refractivity contribution is -0.168. The van der Waals surface area contributed by atoms with E-state index in [4.69, 9.17) is 10.5 Å². The number of aromatic nitrogens is 3. The lowest BCUT2D eigenvalue weighted by Crippen LogP contribution is -2.62. The number of nitrogens with one attached hydrogen (secondary N) is 1. The second-order valence-electron chi connectivity index (χ2n) is 12.3. The normalized spacial score (nSPS) is 21.6. The number of likely N-dealkylation sites (tertiary alicyclic amines) is 1. The van der Waals surface area contributed by atoms with Crippen molar-refractivity contribution in [3.63, 3.8) is 0 Å². The molecule has 3 aromatic rings. The molecule has 0 bridgehead atoms. The van der Waals surface area contributed by atoms with Crippen LogP contribution in [0.4, 0.5) is 11.5 Å². The van der Waals surface area contributed by atoms with Crippen molar-refractivity contribution in [2.24, 2.45) is 12.5 Å². The van der Waals surface area contributed by atoms with Crippen LogP contribution in [0.2, 0.25) is 0 Å². The Kier molecular flexibility index (Phi) is 6.53. The summed E-state index contributed by atoms with van der Waals surface area (Å²) in [5, 5.41) is 3.73. The minimum absolute atomic E-state index is 0.0911. The van der Waals surface area contributed by atoms with Gasteiger partial charge in [-0.1, -0.05) is 25.6 Å². The highest BCUT2D eigenvalue weighted by molar-refractivity contribution is 6.05. The molecular weight excluding hydrogens is 516 g/mol. The van der Waals surface area contributed by atoms with Crippen LogP contribution in [0.1, 0.15) is 57.1 Å². The minimum Gasteiger partial charge on any atom is -0.383 e. The summed E-state index contributed by atoms with van der Waals surface area (Å²) >= 11 is 0. The molecule has 2 aromatic heterocycles. The molecule has 1 aromatic carbocycles. The molecule has 9 heteroatoms. The Labute approximate surface area is 240 Å². The number of amides is 2. The Morgan fingerprint density at radius 2 is 1.98 bits per heavy atom. The van der Waals surface area contributed by atoms with E-state index in [0.717, 1.165) is 71.2 Å². The summed E-state index contributed by atoms with van der Waals surface area (Å²) in [4.78, 5) is 37.1. The highest BCUT2D eigenvalue weighted by Gasteiger charge is 2.52. The molecule has 0 radical (unpaired) electrons. The van der Waals surface area contributed by atoms with Crippen LogP contribution in [0.5, 0.6) is 0 Å². The number of benzene rings is 1. The van der Waals surface area contributed by atoms with E-state index >= 15 is 0 Å². The predicted molar refractivity (Wildman–Crippen MR) is 161 cm³/mol. The Balaban J connectivity index is 1.39. The Morgan fingerprint density at radius 1 is 1.20 bits per heavy atom. The molecule has 214 valence electrons. The van der Waals surface area contributed by atoms with Gasteiger partial charge in [0.1, 0.15) is 17.8 Å². The fraction of sp³-hybridized carbons (Fsp3) is 0.438. The molecule has 1 spiro atoms. The zero-order chi connectivity index (χ0) is 29.1. The SMILES string of the molecule is C=C(C)C(=O)Nc1ccc(-c2c(C3=CC[C@](C)(C(=O)N4CCCC45COC5)CC3)c3c(N)ncnc3n2C)c(C)c1. The Morgan fingerprint density at radius 3 is 2.61 bits per heavy atom. The molecule has 2 amide bonds. The molecule has 3 N–H and O–H groups in total. The van der Waals surface area contributed by atoms with Gasteiger partial charge in [0.2, 0.25) is 5.91 Å². The number of allylic oxidation sites excluding steroid dienone is 2. The third kappa shape index (κ3) is 4.34. The Bertz CT molecular complexity index is 1630. The third-order valence-electron chi connectivity index (χ3n) is 9.29. The molecule has 0 unspecified atom stereocenters. The van der Waals surface area contributed by atoms with Crippen molar-refractivity contribution in [1.82, 2.24) is 19.4 Å². The fourth-order valence-corrected chi connectivity index (χ4v) is 6.75. The average molecular weight is 555 g/mol. The number of rotatable bonds is 5. The number of hydrogen-bond donors (Lipinski definition) is 2. The number of carbonyl (C=O) groups excluding carboxylic acids is 2. The number of ether oxygens (including phenoxy) is 1. The first-order valence-corrected chi connectivity index (χ1v) is 14.3. The summed E-state index contributed by atoms with van der Waals surface area (Å²) in [6.07, 6.45) is 7.94. The number of carbonyl (C=O) groups is 2. The monoisotopic (exact) mass is 554 g/mol. The van der Waals surface area contributed by atoms with E-state index in [2.05, 4.69) is 44.3 Å². The average Bonchev–Trinajstić information content (AvgIpc) is 3.50. The van der Waals surface area contributed by atoms with Crippen molar-refractivity contribution in [1.29, 1.82) is 0 Å². The molecule has 6 rings (SSSR count). The van der Waals surface area contributed by atoms with Gasteiger partial charge >= 0.3 is 0 Å². The Hall–Kier alpha value is -3.98. The van der Waals surface area contributed by atoms with E-state index < -0.39 is 5.41 Å². The van der Waals surface area contributed by atoms with Crippen LogP contribution in [0, 0.1) is 12.3 Å². The molecule has 1 aliphatic carbocycles. The first-order chi connectivity index (χ1) is 19.5. The summed E-state index contributed by atoms with van der Waals surface area (Å²) in [7, 11) is 1.99. The highest BCUT2D eigenvalue weighted by Crippen LogP contribution is 2.48. The van der Waals surface area contributed by atoms with E-state index in [9.17, 15) is 9.59 Å². The van der Waals surface area contributed by atoms with Crippen LogP contribution >= 0.6 is 0 Å². The van der Waals surface area contributed by atoms with Crippen molar-refractivity contribution < 1.29 is 14.3 Å². The topological polar surface area (TPSA) is 115 Å². The molecular formula is C32H38N6O3. The molecule has 0 saturated carbocycles. The van der Waals surface area contributed by atoms with Crippen LogP contribution in [0.25, 0.3) is 27.9 Å². The molecule has 4 heterocycles. The summed E-state index contributed by atoms with van der Waals surface area (Å²) in [5.74, 6) is 0.474. The van der Waals surface area contributed by atoms with Crippen LogP contribution < -0.4 is 11.1 Å².